The van der Waals surface area contributed by atoms with Gasteiger partial charge in [-0.25, -0.2) is 0 Å². The summed E-state index contributed by atoms with van der Waals surface area (Å²) in [4.78, 5) is 12.9. The van der Waals surface area contributed by atoms with Crippen molar-refractivity contribution in [3.05, 3.63) is 41.0 Å². The molecular weight excluding hydrogens is 556 g/mol. The second-order valence-electron chi connectivity index (χ2n) is 16.5. The van der Waals surface area contributed by atoms with E-state index in [0.717, 1.165) is 66.3 Å². The molecule has 0 saturated heterocycles. The highest BCUT2D eigenvalue weighted by atomic mass is 16.5. The molecule has 250 valence electrons. The van der Waals surface area contributed by atoms with Crippen LogP contribution in [0.2, 0.25) is 0 Å². The van der Waals surface area contributed by atoms with Crippen LogP contribution in [0.1, 0.15) is 131 Å². The maximum atomic E-state index is 12.9. The molecule has 0 spiro atoms. The lowest BCUT2D eigenvalue weighted by atomic mass is 9.47. The average Bonchev–Trinajstić information content (AvgIpc) is 3.25. The SMILES string of the molecule is COc1ccc(/C=C/CC(=O)O[C@H]2CCC[C@@]3(C)C(=C(C)C[C@H]4[C@@H]5CC[C@H]([C@H](C)CC[C@@H](C)C(C)C)[C@@]5(C)CC[C@@H]43)C2)cc1O. The number of hydrogen-bond donors (Lipinski definition) is 1. The van der Waals surface area contributed by atoms with Gasteiger partial charge in [0.1, 0.15) is 6.10 Å². The van der Waals surface area contributed by atoms with Gasteiger partial charge in [0.2, 0.25) is 0 Å². The van der Waals surface area contributed by atoms with Crippen LogP contribution in [-0.2, 0) is 9.53 Å². The van der Waals surface area contributed by atoms with Gasteiger partial charge in [-0.2, -0.15) is 0 Å². The van der Waals surface area contributed by atoms with Gasteiger partial charge in [-0.05, 0) is 128 Å². The number of phenols is 1. The molecule has 0 radical (unpaired) electrons. The molecular formula is C41H62O4. The number of hydrogen-bond acceptors (Lipinski definition) is 4. The molecule has 4 nitrogen and oxygen atoms in total. The largest absolute Gasteiger partial charge is 0.504 e. The monoisotopic (exact) mass is 618 g/mol. The summed E-state index contributed by atoms with van der Waals surface area (Å²) >= 11 is 0. The van der Waals surface area contributed by atoms with Crippen LogP contribution >= 0.6 is 0 Å². The summed E-state index contributed by atoms with van der Waals surface area (Å²) < 4.78 is 11.3. The third-order valence-electron chi connectivity index (χ3n) is 13.7. The summed E-state index contributed by atoms with van der Waals surface area (Å²) in [6.07, 6.45) is 17.8. The number of rotatable bonds is 10. The zero-order valence-electron chi connectivity index (χ0n) is 29.7. The predicted octanol–water partition coefficient (Wildman–Crippen LogP) is 10.8. The number of esters is 1. The van der Waals surface area contributed by atoms with Gasteiger partial charge in [0, 0.05) is 6.42 Å². The van der Waals surface area contributed by atoms with Crippen LogP contribution in [0.25, 0.3) is 6.08 Å². The average molecular weight is 619 g/mol. The van der Waals surface area contributed by atoms with Crippen molar-refractivity contribution >= 4 is 12.0 Å². The van der Waals surface area contributed by atoms with Gasteiger partial charge in [-0.15, -0.1) is 0 Å². The van der Waals surface area contributed by atoms with Gasteiger partial charge in [0.15, 0.2) is 11.5 Å². The Morgan fingerprint density at radius 1 is 1.02 bits per heavy atom. The number of fused-ring (bicyclic) bond motifs is 5. The first-order valence-corrected chi connectivity index (χ1v) is 18.3. The van der Waals surface area contributed by atoms with Crippen LogP contribution in [-0.4, -0.2) is 24.3 Å². The van der Waals surface area contributed by atoms with Crippen molar-refractivity contribution in [1.29, 1.82) is 0 Å². The van der Waals surface area contributed by atoms with Crippen molar-refractivity contribution in [3.63, 3.8) is 0 Å². The molecule has 9 atom stereocenters. The Hall–Kier alpha value is -2.23. The van der Waals surface area contributed by atoms with E-state index in [9.17, 15) is 9.90 Å². The maximum absolute atomic E-state index is 12.9. The van der Waals surface area contributed by atoms with E-state index in [4.69, 9.17) is 9.47 Å². The van der Waals surface area contributed by atoms with Gasteiger partial charge in [-0.3, -0.25) is 4.79 Å². The number of benzene rings is 1. The molecule has 0 amide bonds. The molecule has 0 aliphatic heterocycles. The topological polar surface area (TPSA) is 55.8 Å². The highest BCUT2D eigenvalue weighted by Crippen LogP contribution is 2.68. The summed E-state index contributed by atoms with van der Waals surface area (Å²) in [7, 11) is 1.53. The molecule has 3 saturated carbocycles. The van der Waals surface area contributed by atoms with E-state index >= 15 is 0 Å². The highest BCUT2D eigenvalue weighted by molar-refractivity contribution is 5.73. The normalized spacial score (nSPS) is 34.6. The maximum Gasteiger partial charge on any atom is 0.309 e. The lowest BCUT2D eigenvalue weighted by molar-refractivity contribution is -0.148. The van der Waals surface area contributed by atoms with Crippen molar-refractivity contribution in [3.8, 4) is 11.5 Å². The van der Waals surface area contributed by atoms with E-state index < -0.39 is 0 Å². The third-order valence-corrected chi connectivity index (χ3v) is 13.7. The minimum atomic E-state index is -0.160. The van der Waals surface area contributed by atoms with Crippen molar-refractivity contribution in [2.75, 3.05) is 7.11 Å². The highest BCUT2D eigenvalue weighted by Gasteiger charge is 2.59. The van der Waals surface area contributed by atoms with E-state index in [1.165, 1.54) is 58.5 Å². The molecule has 4 heteroatoms. The fourth-order valence-electron chi connectivity index (χ4n) is 10.8. The van der Waals surface area contributed by atoms with Crippen LogP contribution in [0.5, 0.6) is 11.5 Å². The van der Waals surface area contributed by atoms with Gasteiger partial charge in [0.05, 0.1) is 13.5 Å². The molecule has 4 aliphatic carbocycles. The fraction of sp³-hybridized carbons (Fsp3) is 0.732. The molecule has 0 unspecified atom stereocenters. The third kappa shape index (κ3) is 6.91. The van der Waals surface area contributed by atoms with Crippen LogP contribution in [0.3, 0.4) is 0 Å². The second-order valence-corrected chi connectivity index (χ2v) is 16.5. The summed E-state index contributed by atoms with van der Waals surface area (Å²) in [5.41, 5.74) is 4.79. The molecule has 0 heterocycles. The molecule has 1 N–H and O–H groups in total. The first-order chi connectivity index (χ1) is 21.4. The first-order valence-electron chi connectivity index (χ1n) is 18.3. The number of aromatic hydroxyl groups is 1. The van der Waals surface area contributed by atoms with Crippen molar-refractivity contribution < 1.29 is 19.4 Å². The van der Waals surface area contributed by atoms with Gasteiger partial charge in [0.25, 0.3) is 0 Å². The van der Waals surface area contributed by atoms with Crippen molar-refractivity contribution in [2.45, 2.75) is 132 Å². The Morgan fingerprint density at radius 2 is 1.80 bits per heavy atom. The second kappa shape index (κ2) is 13.9. The van der Waals surface area contributed by atoms with Crippen LogP contribution in [0.4, 0.5) is 0 Å². The van der Waals surface area contributed by atoms with Gasteiger partial charge in [-0.1, -0.05) is 83.7 Å². The molecule has 1 aromatic carbocycles. The molecule has 1 aromatic rings. The lowest BCUT2D eigenvalue weighted by Gasteiger charge is -2.58. The number of carbonyl (C=O) groups is 1. The zero-order valence-corrected chi connectivity index (χ0v) is 29.7. The number of carbonyl (C=O) groups excluding carboxylic acids is 1. The predicted molar refractivity (Wildman–Crippen MR) is 185 cm³/mol. The summed E-state index contributed by atoms with van der Waals surface area (Å²) in [6.45, 7) is 17.5. The van der Waals surface area contributed by atoms with Crippen LogP contribution in [0.15, 0.2) is 35.4 Å². The van der Waals surface area contributed by atoms with Crippen LogP contribution < -0.4 is 4.74 Å². The van der Waals surface area contributed by atoms with E-state index in [-0.39, 0.29) is 29.7 Å². The number of methoxy groups -OCH3 is 1. The summed E-state index contributed by atoms with van der Waals surface area (Å²) in [6, 6.07) is 5.24. The molecule has 5 rings (SSSR count). The quantitative estimate of drug-likeness (QED) is 0.209. The van der Waals surface area contributed by atoms with E-state index in [1.54, 1.807) is 23.3 Å². The Kier molecular flexibility index (Phi) is 10.5. The lowest BCUT2D eigenvalue weighted by Crippen LogP contribution is -2.50. The molecule has 0 aromatic heterocycles. The molecule has 4 aliphatic rings. The van der Waals surface area contributed by atoms with Gasteiger partial charge >= 0.3 is 5.97 Å². The Bertz CT molecular complexity index is 1260. The minimum Gasteiger partial charge on any atom is -0.504 e. The Labute approximate surface area is 274 Å². The minimum absolute atomic E-state index is 0.0296. The van der Waals surface area contributed by atoms with Crippen LogP contribution in [0, 0.1) is 52.3 Å². The number of phenolic OH excluding ortho intramolecular Hbond substituents is 1. The zero-order chi connectivity index (χ0) is 32.5. The van der Waals surface area contributed by atoms with E-state index in [1.807, 2.05) is 18.2 Å². The van der Waals surface area contributed by atoms with E-state index in [2.05, 4.69) is 48.5 Å². The summed E-state index contributed by atoms with van der Waals surface area (Å²) in [5.74, 6) is 6.13. The van der Waals surface area contributed by atoms with Crippen molar-refractivity contribution in [1.82, 2.24) is 0 Å². The number of ether oxygens (including phenoxy) is 2. The standard InChI is InChI=1S/C41H62O4/c1-26(2)27(3)14-15-28(4)33-17-18-34-32-23-29(5)36-25-31(12-10-21-40(36,6)35(32)20-22-41(33,34)7)45-39(43)13-9-11-30-16-19-38(44-8)37(42)24-30/h9,11,16,19,24,26-28,31-35,42H,10,12-15,17-18,20-23,25H2,1-8H3/b11-9+/t27-,28-,31+,32+,33-,34+,35+,40-,41-/m1/s1. The molecule has 45 heavy (non-hydrogen) atoms. The molecule has 0 bridgehead atoms. The fourth-order valence-corrected chi connectivity index (χ4v) is 10.8. The Balaban J connectivity index is 1.23. The number of allylic oxidation sites excluding steroid dienone is 1. The summed E-state index contributed by atoms with van der Waals surface area (Å²) in [5, 5.41) is 10.0. The Morgan fingerprint density at radius 3 is 2.51 bits per heavy atom. The molecule has 3 fully saturated rings. The first kappa shape index (κ1) is 34.1. The smallest absolute Gasteiger partial charge is 0.309 e. The van der Waals surface area contributed by atoms with Gasteiger partial charge < -0.3 is 14.6 Å². The van der Waals surface area contributed by atoms with E-state index in [0.29, 0.717) is 11.2 Å². The van der Waals surface area contributed by atoms with Crippen molar-refractivity contribution in [2.24, 2.45) is 52.3 Å².